The Kier molecular flexibility index (Phi) is 5.92. The normalized spacial score (nSPS) is 10.3. The average Bonchev–Trinajstić information content (AvgIpc) is 2.37. The first kappa shape index (κ1) is 15.1. The maximum atomic E-state index is 11.5. The van der Waals surface area contributed by atoms with Crippen molar-refractivity contribution in [3.05, 3.63) is 12.1 Å². The van der Waals surface area contributed by atoms with Gasteiger partial charge in [0.15, 0.2) is 0 Å². The smallest absolute Gasteiger partial charge is 0.239 e. The topological polar surface area (TPSA) is 89.3 Å². The van der Waals surface area contributed by atoms with Gasteiger partial charge in [0.05, 0.1) is 18.8 Å². The highest BCUT2D eigenvalue weighted by Crippen LogP contribution is 2.20. The Morgan fingerprint density at radius 2 is 2.21 bits per heavy atom. The van der Waals surface area contributed by atoms with E-state index in [1.54, 1.807) is 12.1 Å². The fourth-order valence-corrected chi connectivity index (χ4v) is 1.35. The molecular formula is C13H22N4O2. The molecule has 1 amide bonds. The molecule has 1 aromatic rings. The highest BCUT2D eigenvalue weighted by atomic mass is 16.5. The van der Waals surface area contributed by atoms with E-state index in [0.717, 1.165) is 0 Å². The fourth-order valence-electron chi connectivity index (χ4n) is 1.35. The molecule has 0 aliphatic heterocycles. The summed E-state index contributed by atoms with van der Waals surface area (Å²) in [6, 6.07) is 3.42. The van der Waals surface area contributed by atoms with Crippen molar-refractivity contribution in [1.82, 2.24) is 10.3 Å². The Morgan fingerprint density at radius 1 is 1.47 bits per heavy atom. The van der Waals surface area contributed by atoms with Gasteiger partial charge in [0.2, 0.25) is 11.8 Å². The van der Waals surface area contributed by atoms with Crippen LogP contribution in [-0.4, -0.2) is 30.6 Å². The molecule has 6 heteroatoms. The van der Waals surface area contributed by atoms with Crippen LogP contribution in [0.15, 0.2) is 12.1 Å². The summed E-state index contributed by atoms with van der Waals surface area (Å²) < 4.78 is 5.29. The quantitative estimate of drug-likeness (QED) is 0.691. The summed E-state index contributed by atoms with van der Waals surface area (Å²) in [6.45, 7) is 7.29. The van der Waals surface area contributed by atoms with Crippen LogP contribution in [-0.2, 0) is 4.79 Å². The summed E-state index contributed by atoms with van der Waals surface area (Å²) in [5.41, 5.74) is 6.20. The zero-order valence-corrected chi connectivity index (χ0v) is 11.7. The van der Waals surface area contributed by atoms with Gasteiger partial charge in [-0.2, -0.15) is 4.98 Å². The first-order valence-electron chi connectivity index (χ1n) is 6.42. The van der Waals surface area contributed by atoms with Gasteiger partial charge in [-0.05, 0) is 25.0 Å². The molecule has 0 aromatic carbocycles. The van der Waals surface area contributed by atoms with Crippen molar-refractivity contribution in [2.45, 2.75) is 20.8 Å². The second-order valence-electron chi connectivity index (χ2n) is 4.58. The summed E-state index contributed by atoms with van der Waals surface area (Å²) in [5, 5.41) is 5.75. The molecule has 0 aliphatic rings. The minimum atomic E-state index is -0.0646. The number of nitrogens with zero attached hydrogens (tertiary/aromatic N) is 1. The molecule has 0 fully saturated rings. The third kappa shape index (κ3) is 5.46. The minimum Gasteiger partial charge on any atom is -0.476 e. The van der Waals surface area contributed by atoms with E-state index >= 15 is 0 Å². The van der Waals surface area contributed by atoms with Gasteiger partial charge >= 0.3 is 0 Å². The van der Waals surface area contributed by atoms with Crippen LogP contribution in [0.5, 0.6) is 5.88 Å². The van der Waals surface area contributed by atoms with E-state index in [1.807, 2.05) is 20.8 Å². The molecule has 0 radical (unpaired) electrons. The molecule has 6 nitrogen and oxygen atoms in total. The van der Waals surface area contributed by atoms with Crippen LogP contribution in [0.3, 0.4) is 0 Å². The van der Waals surface area contributed by atoms with Crippen LogP contribution < -0.4 is 21.1 Å². The highest BCUT2D eigenvalue weighted by molar-refractivity contribution is 5.80. The van der Waals surface area contributed by atoms with Crippen LogP contribution >= 0.6 is 0 Å². The number of hydrogen-bond donors (Lipinski definition) is 3. The maximum absolute atomic E-state index is 11.5. The van der Waals surface area contributed by atoms with E-state index in [1.165, 1.54) is 0 Å². The SMILES string of the molecule is CCOc1nc(NCC(=O)NCC(C)C)ccc1N. The largest absolute Gasteiger partial charge is 0.476 e. The zero-order chi connectivity index (χ0) is 14.3. The van der Waals surface area contributed by atoms with Gasteiger partial charge in [0.1, 0.15) is 5.82 Å². The second kappa shape index (κ2) is 7.45. The van der Waals surface area contributed by atoms with Gasteiger partial charge in [0.25, 0.3) is 0 Å². The third-order valence-corrected chi connectivity index (χ3v) is 2.31. The predicted molar refractivity (Wildman–Crippen MR) is 76.2 cm³/mol. The number of aromatic nitrogens is 1. The van der Waals surface area contributed by atoms with Gasteiger partial charge in [-0.25, -0.2) is 0 Å². The number of amides is 1. The molecule has 1 heterocycles. The molecule has 106 valence electrons. The van der Waals surface area contributed by atoms with Crippen molar-refractivity contribution < 1.29 is 9.53 Å². The number of nitrogens with one attached hydrogen (secondary N) is 2. The molecule has 1 rings (SSSR count). The number of carbonyl (C=O) groups excluding carboxylic acids is 1. The van der Waals surface area contributed by atoms with E-state index in [4.69, 9.17) is 10.5 Å². The van der Waals surface area contributed by atoms with Crippen molar-refractivity contribution in [3.63, 3.8) is 0 Å². The van der Waals surface area contributed by atoms with Crippen LogP contribution in [0, 0.1) is 5.92 Å². The van der Waals surface area contributed by atoms with E-state index in [2.05, 4.69) is 15.6 Å². The molecule has 0 spiro atoms. The van der Waals surface area contributed by atoms with Crippen molar-refractivity contribution in [2.24, 2.45) is 5.92 Å². The van der Waals surface area contributed by atoms with E-state index in [0.29, 0.717) is 36.5 Å². The summed E-state index contributed by atoms with van der Waals surface area (Å²) in [6.07, 6.45) is 0. The Labute approximate surface area is 113 Å². The summed E-state index contributed by atoms with van der Waals surface area (Å²) in [5.74, 6) is 1.32. The van der Waals surface area contributed by atoms with Gasteiger partial charge < -0.3 is 21.1 Å². The van der Waals surface area contributed by atoms with Crippen molar-refractivity contribution >= 4 is 17.4 Å². The van der Waals surface area contributed by atoms with Gasteiger partial charge in [-0.3, -0.25) is 4.79 Å². The molecule has 0 bridgehead atoms. The lowest BCUT2D eigenvalue weighted by Crippen LogP contribution is -2.32. The first-order chi connectivity index (χ1) is 9.02. The van der Waals surface area contributed by atoms with E-state index in [9.17, 15) is 4.79 Å². The number of carbonyl (C=O) groups is 1. The molecule has 0 unspecified atom stereocenters. The lowest BCUT2D eigenvalue weighted by Gasteiger charge is -2.11. The van der Waals surface area contributed by atoms with Crippen molar-refractivity contribution in [2.75, 3.05) is 30.7 Å². The number of anilines is 2. The predicted octanol–water partition coefficient (Wildman–Crippen LogP) is 1.25. The highest BCUT2D eigenvalue weighted by Gasteiger charge is 2.06. The zero-order valence-electron chi connectivity index (χ0n) is 11.7. The standard InChI is InChI=1S/C13H22N4O2/c1-4-19-13-10(14)5-6-11(17-13)15-8-12(18)16-7-9(2)3/h5-6,9H,4,7-8,14H2,1-3H3,(H,15,17)(H,16,18). The molecule has 19 heavy (non-hydrogen) atoms. The first-order valence-corrected chi connectivity index (χ1v) is 6.42. The molecule has 4 N–H and O–H groups in total. The summed E-state index contributed by atoms with van der Waals surface area (Å²) >= 11 is 0. The summed E-state index contributed by atoms with van der Waals surface area (Å²) in [7, 11) is 0. The number of nitrogens with two attached hydrogens (primary N) is 1. The number of pyridine rings is 1. The maximum Gasteiger partial charge on any atom is 0.239 e. The number of nitrogen functional groups attached to an aromatic ring is 1. The molecule has 1 aromatic heterocycles. The molecule has 0 saturated carbocycles. The minimum absolute atomic E-state index is 0.0646. The summed E-state index contributed by atoms with van der Waals surface area (Å²) in [4.78, 5) is 15.7. The Morgan fingerprint density at radius 3 is 2.84 bits per heavy atom. The Balaban J connectivity index is 2.49. The lowest BCUT2D eigenvalue weighted by atomic mass is 10.2. The van der Waals surface area contributed by atoms with Gasteiger partial charge in [-0.1, -0.05) is 13.8 Å². The molecule has 0 aliphatic carbocycles. The van der Waals surface area contributed by atoms with E-state index < -0.39 is 0 Å². The third-order valence-electron chi connectivity index (χ3n) is 2.31. The number of rotatable bonds is 7. The Hall–Kier alpha value is -1.98. The van der Waals surface area contributed by atoms with Crippen LogP contribution in [0.1, 0.15) is 20.8 Å². The van der Waals surface area contributed by atoms with Crippen LogP contribution in [0.4, 0.5) is 11.5 Å². The van der Waals surface area contributed by atoms with Gasteiger partial charge in [-0.15, -0.1) is 0 Å². The lowest BCUT2D eigenvalue weighted by molar-refractivity contribution is -0.119. The average molecular weight is 266 g/mol. The monoisotopic (exact) mass is 266 g/mol. The number of hydrogen-bond acceptors (Lipinski definition) is 5. The van der Waals surface area contributed by atoms with Crippen LogP contribution in [0.25, 0.3) is 0 Å². The van der Waals surface area contributed by atoms with Crippen molar-refractivity contribution in [3.8, 4) is 5.88 Å². The molecule has 0 atom stereocenters. The fraction of sp³-hybridized carbons (Fsp3) is 0.538. The van der Waals surface area contributed by atoms with Gasteiger partial charge in [0, 0.05) is 6.54 Å². The van der Waals surface area contributed by atoms with Crippen molar-refractivity contribution in [1.29, 1.82) is 0 Å². The number of ether oxygens (including phenoxy) is 1. The van der Waals surface area contributed by atoms with Crippen LogP contribution in [0.2, 0.25) is 0 Å². The van der Waals surface area contributed by atoms with E-state index in [-0.39, 0.29) is 12.5 Å². The Bertz CT molecular complexity index is 421. The molecular weight excluding hydrogens is 244 g/mol. The second-order valence-corrected chi connectivity index (χ2v) is 4.58. The molecule has 0 saturated heterocycles.